The number of ether oxygens (including phenoxy) is 1. The summed E-state index contributed by atoms with van der Waals surface area (Å²) in [5, 5.41) is 0. The molecule has 0 aliphatic carbocycles. The van der Waals surface area contributed by atoms with E-state index in [9.17, 15) is 0 Å². The van der Waals surface area contributed by atoms with Crippen LogP contribution < -0.4 is 4.74 Å². The van der Waals surface area contributed by atoms with E-state index >= 15 is 0 Å². The van der Waals surface area contributed by atoms with Gasteiger partial charge in [0.25, 0.3) is 0 Å². The molecule has 0 unspecified atom stereocenters. The molecule has 1 aromatic heterocycles. The van der Waals surface area contributed by atoms with Gasteiger partial charge in [0.15, 0.2) is 0 Å². The van der Waals surface area contributed by atoms with Crippen molar-refractivity contribution in [2.45, 2.75) is 26.7 Å². The van der Waals surface area contributed by atoms with Crippen LogP contribution in [0.4, 0.5) is 0 Å². The molecule has 0 aliphatic heterocycles. The van der Waals surface area contributed by atoms with Crippen LogP contribution in [-0.2, 0) is 0 Å². The van der Waals surface area contributed by atoms with Crippen LogP contribution in [0.15, 0.2) is 12.1 Å². The summed E-state index contributed by atoms with van der Waals surface area (Å²) in [5.74, 6) is 1.22. The summed E-state index contributed by atoms with van der Waals surface area (Å²) in [4.78, 5) is 4.29. The number of nitrogens with zero attached hydrogens (tertiary/aromatic N) is 1. The van der Waals surface area contributed by atoms with E-state index in [1.807, 2.05) is 13.0 Å². The van der Waals surface area contributed by atoms with Gasteiger partial charge in [0.05, 0.1) is 7.11 Å². The lowest BCUT2D eigenvalue weighted by molar-refractivity contribution is 0.389. The third kappa shape index (κ3) is 1.76. The summed E-state index contributed by atoms with van der Waals surface area (Å²) < 4.78 is 5.18. The summed E-state index contributed by atoms with van der Waals surface area (Å²) in [6.45, 7) is 6.23. The van der Waals surface area contributed by atoms with Crippen molar-refractivity contribution < 1.29 is 4.74 Å². The highest BCUT2D eigenvalue weighted by atomic mass is 16.5. The van der Waals surface area contributed by atoms with Crippen LogP contribution in [0.5, 0.6) is 5.88 Å². The topological polar surface area (TPSA) is 22.1 Å². The zero-order chi connectivity index (χ0) is 9.14. The van der Waals surface area contributed by atoms with Gasteiger partial charge in [-0.2, -0.15) is 0 Å². The Morgan fingerprint density at radius 3 is 2.50 bits per heavy atom. The van der Waals surface area contributed by atoms with E-state index in [1.54, 1.807) is 7.11 Å². The maximum Gasteiger partial charge on any atom is 0.216 e. The second-order valence-electron chi connectivity index (χ2n) is 3.21. The number of hydrogen-bond acceptors (Lipinski definition) is 2. The average molecular weight is 165 g/mol. The minimum Gasteiger partial charge on any atom is -0.481 e. The predicted molar refractivity (Wildman–Crippen MR) is 49.6 cm³/mol. The Labute approximate surface area is 73.6 Å². The van der Waals surface area contributed by atoms with Crippen LogP contribution >= 0.6 is 0 Å². The number of pyridine rings is 1. The molecule has 0 aliphatic rings. The molecule has 1 rings (SSSR count). The van der Waals surface area contributed by atoms with E-state index in [0.29, 0.717) is 5.92 Å². The second kappa shape index (κ2) is 3.57. The Bertz CT molecular complexity index is 269. The molecular weight excluding hydrogens is 150 g/mol. The monoisotopic (exact) mass is 165 g/mol. The summed E-state index contributed by atoms with van der Waals surface area (Å²) in [6, 6.07) is 4.09. The molecule has 0 saturated heterocycles. The van der Waals surface area contributed by atoms with Gasteiger partial charge in [0, 0.05) is 11.3 Å². The van der Waals surface area contributed by atoms with E-state index < -0.39 is 0 Å². The van der Waals surface area contributed by atoms with Gasteiger partial charge in [-0.1, -0.05) is 19.9 Å². The highest BCUT2D eigenvalue weighted by molar-refractivity contribution is 5.30. The minimum absolute atomic E-state index is 0.466. The maximum absolute atomic E-state index is 5.18. The van der Waals surface area contributed by atoms with E-state index in [4.69, 9.17) is 4.74 Å². The number of aryl methyl sites for hydroxylation is 1. The highest BCUT2D eigenvalue weighted by Gasteiger charge is 2.07. The van der Waals surface area contributed by atoms with E-state index in [0.717, 1.165) is 11.6 Å². The molecule has 0 bridgehead atoms. The Balaban J connectivity index is 3.11. The van der Waals surface area contributed by atoms with Crippen LogP contribution in [0.1, 0.15) is 31.0 Å². The quantitative estimate of drug-likeness (QED) is 0.671. The lowest BCUT2D eigenvalue weighted by atomic mass is 10.0. The fourth-order valence-corrected chi connectivity index (χ4v) is 1.15. The molecule has 2 heteroatoms. The molecule has 1 heterocycles. The third-order valence-electron chi connectivity index (χ3n) is 1.84. The zero-order valence-electron chi connectivity index (χ0n) is 8.09. The smallest absolute Gasteiger partial charge is 0.216 e. The molecule has 0 spiro atoms. The molecular formula is C10H15NO. The zero-order valence-corrected chi connectivity index (χ0v) is 8.09. The van der Waals surface area contributed by atoms with Crippen LogP contribution in [0.3, 0.4) is 0 Å². The predicted octanol–water partition coefficient (Wildman–Crippen LogP) is 2.52. The average Bonchev–Trinajstić information content (AvgIpc) is 2.03. The molecule has 0 fully saturated rings. The van der Waals surface area contributed by atoms with Crippen LogP contribution in [0.25, 0.3) is 0 Å². The fraction of sp³-hybridized carbons (Fsp3) is 0.500. The Hall–Kier alpha value is -1.05. The largest absolute Gasteiger partial charge is 0.481 e. The van der Waals surface area contributed by atoms with E-state index in [2.05, 4.69) is 24.9 Å². The van der Waals surface area contributed by atoms with Crippen molar-refractivity contribution in [1.29, 1.82) is 0 Å². The SMILES string of the molecule is COc1nc(C)ccc1C(C)C. The summed E-state index contributed by atoms with van der Waals surface area (Å²) >= 11 is 0. The highest BCUT2D eigenvalue weighted by Crippen LogP contribution is 2.23. The van der Waals surface area contributed by atoms with Crippen molar-refractivity contribution in [1.82, 2.24) is 4.98 Å². The van der Waals surface area contributed by atoms with Gasteiger partial charge >= 0.3 is 0 Å². The molecule has 0 amide bonds. The standard InChI is InChI=1S/C10H15NO/c1-7(2)9-6-5-8(3)11-10(9)12-4/h5-7H,1-4H3. The summed E-state index contributed by atoms with van der Waals surface area (Å²) in [5.41, 5.74) is 2.17. The number of hydrogen-bond donors (Lipinski definition) is 0. The van der Waals surface area contributed by atoms with Gasteiger partial charge in [0.2, 0.25) is 5.88 Å². The Morgan fingerprint density at radius 1 is 1.33 bits per heavy atom. The van der Waals surface area contributed by atoms with Crippen molar-refractivity contribution in [3.05, 3.63) is 23.4 Å². The van der Waals surface area contributed by atoms with Crippen molar-refractivity contribution in [3.8, 4) is 5.88 Å². The first-order chi connectivity index (χ1) is 5.65. The van der Waals surface area contributed by atoms with Crippen LogP contribution in [-0.4, -0.2) is 12.1 Å². The molecule has 1 aromatic rings. The lowest BCUT2D eigenvalue weighted by Gasteiger charge is -2.10. The van der Waals surface area contributed by atoms with Crippen molar-refractivity contribution in [2.75, 3.05) is 7.11 Å². The molecule has 2 nitrogen and oxygen atoms in total. The first kappa shape index (κ1) is 9.04. The van der Waals surface area contributed by atoms with Gasteiger partial charge in [-0.05, 0) is 18.9 Å². The van der Waals surface area contributed by atoms with Gasteiger partial charge in [-0.3, -0.25) is 0 Å². The first-order valence-corrected chi connectivity index (χ1v) is 4.16. The van der Waals surface area contributed by atoms with Crippen LogP contribution in [0, 0.1) is 6.92 Å². The molecule has 0 aromatic carbocycles. The number of methoxy groups -OCH3 is 1. The minimum atomic E-state index is 0.466. The third-order valence-corrected chi connectivity index (χ3v) is 1.84. The number of rotatable bonds is 2. The Kier molecular flexibility index (Phi) is 2.69. The molecule has 0 radical (unpaired) electrons. The van der Waals surface area contributed by atoms with Gasteiger partial charge < -0.3 is 4.74 Å². The molecule has 0 atom stereocenters. The van der Waals surface area contributed by atoms with Crippen molar-refractivity contribution in [2.24, 2.45) is 0 Å². The molecule has 0 saturated carbocycles. The van der Waals surface area contributed by atoms with E-state index in [-0.39, 0.29) is 0 Å². The summed E-state index contributed by atoms with van der Waals surface area (Å²) in [6.07, 6.45) is 0. The van der Waals surface area contributed by atoms with Gasteiger partial charge in [0.1, 0.15) is 0 Å². The molecule has 0 N–H and O–H groups in total. The number of aromatic nitrogens is 1. The molecule has 12 heavy (non-hydrogen) atoms. The molecule has 66 valence electrons. The van der Waals surface area contributed by atoms with Crippen molar-refractivity contribution >= 4 is 0 Å². The van der Waals surface area contributed by atoms with Gasteiger partial charge in [-0.15, -0.1) is 0 Å². The normalized spacial score (nSPS) is 10.4. The van der Waals surface area contributed by atoms with Crippen molar-refractivity contribution in [3.63, 3.8) is 0 Å². The summed E-state index contributed by atoms with van der Waals surface area (Å²) in [7, 11) is 1.66. The second-order valence-corrected chi connectivity index (χ2v) is 3.21. The first-order valence-electron chi connectivity index (χ1n) is 4.16. The Morgan fingerprint density at radius 2 is 2.00 bits per heavy atom. The fourth-order valence-electron chi connectivity index (χ4n) is 1.15. The van der Waals surface area contributed by atoms with E-state index in [1.165, 1.54) is 5.56 Å². The van der Waals surface area contributed by atoms with Crippen LogP contribution in [0.2, 0.25) is 0 Å². The van der Waals surface area contributed by atoms with Gasteiger partial charge in [-0.25, -0.2) is 4.98 Å². The maximum atomic E-state index is 5.18. The lowest BCUT2D eigenvalue weighted by Crippen LogP contribution is -1.97.